The molecule has 13 nitrogen and oxygen atoms in total. The number of rotatable bonds is 26. The minimum atomic E-state index is -2.68. The predicted octanol–water partition coefficient (Wildman–Crippen LogP) is 7.85. The zero-order valence-electron chi connectivity index (χ0n) is 38.0. The summed E-state index contributed by atoms with van der Waals surface area (Å²) in [6.07, 6.45) is 10.1. The van der Waals surface area contributed by atoms with Gasteiger partial charge in [-0.1, -0.05) is 36.3 Å². The highest BCUT2D eigenvalue weighted by atomic mass is 19.3. The summed E-state index contributed by atoms with van der Waals surface area (Å²) in [4.78, 5) is 30.2. The molecule has 4 N–H and O–H groups in total. The van der Waals surface area contributed by atoms with Crippen LogP contribution in [0.2, 0.25) is 0 Å². The number of hydrogen-bond donors (Lipinski definition) is 4. The fourth-order valence-electron chi connectivity index (χ4n) is 8.98. The molecule has 0 bridgehead atoms. The third-order valence-electron chi connectivity index (χ3n) is 12.6. The molecule has 352 valence electrons. The maximum Gasteiger partial charge on any atom is 0.248 e. The average molecular weight is 893 g/mol. The zero-order chi connectivity index (χ0) is 45.9. The number of likely N-dealkylation sites (tertiary alicyclic amines) is 1. The van der Waals surface area contributed by atoms with E-state index in [0.29, 0.717) is 88.1 Å². The van der Waals surface area contributed by atoms with Gasteiger partial charge in [-0.3, -0.25) is 25.3 Å². The maximum atomic E-state index is 13.8. The second-order valence-electron chi connectivity index (χ2n) is 17.5. The van der Waals surface area contributed by atoms with Crippen molar-refractivity contribution in [2.24, 2.45) is 11.8 Å². The van der Waals surface area contributed by atoms with E-state index in [1.807, 2.05) is 47.4 Å². The van der Waals surface area contributed by atoms with Crippen LogP contribution in [0.4, 0.5) is 14.5 Å². The molecule has 2 saturated carbocycles. The lowest BCUT2D eigenvalue weighted by Crippen LogP contribution is -2.51. The third-order valence-corrected chi connectivity index (χ3v) is 12.6. The topological polar surface area (TPSA) is 159 Å². The van der Waals surface area contributed by atoms with E-state index in [4.69, 9.17) is 35.5 Å². The fraction of sp³-hybridized carbons (Fsp3) is 0.633. The van der Waals surface area contributed by atoms with Crippen LogP contribution in [0.5, 0.6) is 5.75 Å². The first-order chi connectivity index (χ1) is 30.8. The number of amides is 2. The lowest BCUT2D eigenvalue weighted by Gasteiger charge is -2.42. The second kappa shape index (κ2) is 25.9. The highest BCUT2D eigenvalue weighted by Gasteiger charge is 2.40. The van der Waals surface area contributed by atoms with Crippen molar-refractivity contribution >= 4 is 29.2 Å². The fourth-order valence-corrected chi connectivity index (χ4v) is 8.98. The van der Waals surface area contributed by atoms with Crippen molar-refractivity contribution in [1.82, 2.24) is 15.1 Å². The molecule has 2 aromatic rings. The summed E-state index contributed by atoms with van der Waals surface area (Å²) in [6.45, 7) is 9.98. The smallest absolute Gasteiger partial charge is 0.248 e. The van der Waals surface area contributed by atoms with Gasteiger partial charge < -0.3 is 39.2 Å². The highest BCUT2D eigenvalue weighted by molar-refractivity contribution is 5.98. The van der Waals surface area contributed by atoms with Gasteiger partial charge in [0.2, 0.25) is 17.7 Å². The Morgan fingerprint density at radius 3 is 2.14 bits per heavy atom. The van der Waals surface area contributed by atoms with Crippen LogP contribution in [0.3, 0.4) is 0 Å². The van der Waals surface area contributed by atoms with E-state index in [2.05, 4.69) is 35.3 Å². The van der Waals surface area contributed by atoms with Gasteiger partial charge in [0.25, 0.3) is 0 Å². The van der Waals surface area contributed by atoms with E-state index < -0.39 is 11.8 Å². The summed E-state index contributed by atoms with van der Waals surface area (Å²) in [7, 11) is 0. The normalized spacial score (nSPS) is 21.8. The molecule has 0 aromatic heterocycles. The first-order valence-electron chi connectivity index (χ1n) is 23.1. The van der Waals surface area contributed by atoms with E-state index in [-0.39, 0.29) is 87.3 Å². The van der Waals surface area contributed by atoms with Crippen molar-refractivity contribution < 1.29 is 42.1 Å². The Kier molecular flexibility index (Phi) is 20.4. The van der Waals surface area contributed by atoms with Gasteiger partial charge >= 0.3 is 0 Å². The average Bonchev–Trinajstić information content (AvgIpc) is 3.60. The van der Waals surface area contributed by atoms with Gasteiger partial charge in [-0.15, -0.1) is 6.42 Å². The number of terminal acetylenes is 1. The second-order valence-corrected chi connectivity index (χ2v) is 17.5. The number of ether oxygens (including phenoxy) is 5. The Hall–Kier alpha value is -4.46. The molecular formula is C49H70F2N6O7. The molecule has 2 aromatic carbocycles. The van der Waals surface area contributed by atoms with Gasteiger partial charge in [0, 0.05) is 55.0 Å². The number of benzene rings is 2. The Morgan fingerprint density at radius 2 is 1.52 bits per heavy atom. The number of carbonyl (C=O) groups is 2. The molecule has 15 heteroatoms. The number of hydrogen-bond acceptors (Lipinski definition) is 10. The molecule has 3 fully saturated rings. The molecular weight excluding hydrogens is 823 g/mol. The van der Waals surface area contributed by atoms with Crippen LogP contribution >= 0.6 is 0 Å². The molecule has 1 saturated heterocycles. The molecule has 4 unspecified atom stereocenters. The van der Waals surface area contributed by atoms with Crippen LogP contribution in [0.1, 0.15) is 103 Å². The summed E-state index contributed by atoms with van der Waals surface area (Å²) in [5.74, 6) is 0.487. The quantitative estimate of drug-likeness (QED) is 0.0320. The minimum Gasteiger partial charge on any atom is -0.490 e. The highest BCUT2D eigenvalue weighted by Crippen LogP contribution is 2.38. The molecule has 4 atom stereocenters. The van der Waals surface area contributed by atoms with Crippen LogP contribution in [0.25, 0.3) is 0 Å². The van der Waals surface area contributed by atoms with Crippen LogP contribution < -0.4 is 15.4 Å². The molecule has 0 radical (unpaired) electrons. The number of amidine groups is 2. The number of alkyl halides is 2. The molecule has 1 heterocycles. The van der Waals surface area contributed by atoms with E-state index in [9.17, 15) is 23.8 Å². The summed E-state index contributed by atoms with van der Waals surface area (Å²) >= 11 is 0. The number of halogens is 2. The Morgan fingerprint density at radius 1 is 0.891 bits per heavy atom. The van der Waals surface area contributed by atoms with Gasteiger partial charge in [0.05, 0.1) is 64.5 Å². The van der Waals surface area contributed by atoms with E-state index in [0.717, 1.165) is 31.4 Å². The van der Waals surface area contributed by atoms with Crippen LogP contribution in [-0.4, -0.2) is 123 Å². The van der Waals surface area contributed by atoms with Gasteiger partial charge in [0.1, 0.15) is 24.3 Å². The number of nitrogens with one attached hydrogen (secondary N) is 4. The van der Waals surface area contributed by atoms with Crippen LogP contribution in [0, 0.1) is 35.0 Å². The summed E-state index contributed by atoms with van der Waals surface area (Å²) in [6, 6.07) is 17.5. The first-order valence-corrected chi connectivity index (χ1v) is 23.1. The largest absolute Gasteiger partial charge is 0.490 e. The minimum absolute atomic E-state index is 0.0198. The standard InChI is InChI=1S/C49H70F2N6O7/c1-5-24-60-26-28-62-30-31-63-29-27-61-25-20-46(58)54-41-12-15-43(16-13-41)64-44-33-40(34-44)47(53)57(37(4)52)36(3)32-42-14-11-35(2)56(42)23-19-45(38-9-7-6-8-10-38)55-48(59)39-17-21-49(50,51)22-18-39/h1,6-10,12-13,15-16,35-36,39-40,42,44-45,52-53H,11,14,17-34H2,2-4H3,(H,54,58)(H,55,59). The lowest BCUT2D eigenvalue weighted by molar-refractivity contribution is -0.130. The van der Waals surface area contributed by atoms with Gasteiger partial charge in [-0.05, 0) is 102 Å². The van der Waals surface area contributed by atoms with Gasteiger partial charge in [0.15, 0.2) is 0 Å². The SMILES string of the molecule is C#CCOCCOCCOCCOCCC(=O)Nc1ccc(OC2CC(C(=N)N(C(C)=N)C(C)CC3CCC(C)N3CCC(NC(=O)C3CCC(F)(F)CC3)c3ccccc3)C2)cc1. The van der Waals surface area contributed by atoms with Crippen molar-refractivity contribution in [3.05, 3.63) is 60.2 Å². The van der Waals surface area contributed by atoms with Crippen molar-refractivity contribution in [3.8, 4) is 18.1 Å². The Bertz CT molecular complexity index is 1800. The van der Waals surface area contributed by atoms with Crippen molar-refractivity contribution in [3.63, 3.8) is 0 Å². The molecule has 0 spiro atoms. The third kappa shape index (κ3) is 16.2. The summed E-state index contributed by atoms with van der Waals surface area (Å²) in [5.41, 5.74) is 1.67. The van der Waals surface area contributed by atoms with Crippen molar-refractivity contribution in [2.45, 2.75) is 128 Å². The Labute approximate surface area is 378 Å². The number of nitrogens with zero attached hydrogens (tertiary/aromatic N) is 2. The maximum absolute atomic E-state index is 13.8. The van der Waals surface area contributed by atoms with E-state index in [1.165, 1.54) is 0 Å². The number of anilines is 1. The zero-order valence-corrected chi connectivity index (χ0v) is 38.0. The molecule has 2 aliphatic carbocycles. The van der Waals surface area contributed by atoms with E-state index >= 15 is 0 Å². The summed E-state index contributed by atoms with van der Waals surface area (Å²) < 4.78 is 55.4. The first kappa shape index (κ1) is 50.5. The molecule has 2 amide bonds. The number of carbonyl (C=O) groups excluding carboxylic acids is 2. The van der Waals surface area contributed by atoms with Crippen molar-refractivity contribution in [1.29, 1.82) is 10.8 Å². The molecule has 64 heavy (non-hydrogen) atoms. The van der Waals surface area contributed by atoms with Gasteiger partial charge in [-0.2, -0.15) is 0 Å². The lowest BCUT2D eigenvalue weighted by atomic mass is 9.80. The molecule has 5 rings (SSSR count). The van der Waals surface area contributed by atoms with Crippen molar-refractivity contribution in [2.75, 3.05) is 64.7 Å². The van der Waals surface area contributed by atoms with Gasteiger partial charge in [-0.25, -0.2) is 8.78 Å². The van der Waals surface area contributed by atoms with Crippen LogP contribution in [-0.2, 0) is 28.5 Å². The molecule has 1 aliphatic heterocycles. The van der Waals surface area contributed by atoms with E-state index in [1.54, 1.807) is 19.1 Å². The summed E-state index contributed by atoms with van der Waals surface area (Å²) in [5, 5.41) is 24.0. The Balaban J connectivity index is 1.01. The predicted molar refractivity (Wildman–Crippen MR) is 244 cm³/mol. The molecule has 3 aliphatic rings. The van der Waals surface area contributed by atoms with Crippen LogP contribution in [0.15, 0.2) is 54.6 Å². The monoisotopic (exact) mass is 893 g/mol.